The lowest BCUT2D eigenvalue weighted by Crippen LogP contribution is -2.28. The molecular formula is C17H21NO3S. The number of thioether (sulfide) groups is 1. The maximum absolute atomic E-state index is 12.3. The normalized spacial score (nSPS) is 18.1. The number of para-hydroxylation sites is 1. The number of ether oxygens (including phenoxy) is 1. The van der Waals surface area contributed by atoms with Gasteiger partial charge in [-0.3, -0.25) is 14.5 Å². The van der Waals surface area contributed by atoms with E-state index in [0.29, 0.717) is 11.4 Å². The number of hydrogen-bond donors (Lipinski definition) is 0. The zero-order valence-electron chi connectivity index (χ0n) is 13.2. The minimum atomic E-state index is -0.213. The third kappa shape index (κ3) is 3.71. The molecule has 1 aromatic rings. The highest BCUT2D eigenvalue weighted by atomic mass is 32.2. The molecule has 1 saturated heterocycles. The molecule has 0 aromatic heterocycles. The molecule has 0 bridgehead atoms. The molecule has 1 aromatic carbocycles. The Bertz CT molecular complexity index is 597. The first-order valence-electron chi connectivity index (χ1n) is 7.57. The predicted molar refractivity (Wildman–Crippen MR) is 89.8 cm³/mol. The van der Waals surface area contributed by atoms with E-state index in [0.717, 1.165) is 35.9 Å². The van der Waals surface area contributed by atoms with Crippen molar-refractivity contribution in [1.29, 1.82) is 0 Å². The second-order valence-electron chi connectivity index (χ2n) is 5.21. The van der Waals surface area contributed by atoms with Crippen LogP contribution in [0, 0.1) is 0 Å². The maximum atomic E-state index is 12.3. The van der Waals surface area contributed by atoms with E-state index < -0.39 is 0 Å². The van der Waals surface area contributed by atoms with Crippen molar-refractivity contribution in [3.05, 3.63) is 34.7 Å². The molecule has 0 aliphatic carbocycles. The minimum Gasteiger partial charge on any atom is -0.490 e. The molecular weight excluding hydrogens is 298 g/mol. The summed E-state index contributed by atoms with van der Waals surface area (Å²) in [6.07, 6.45) is 3.52. The van der Waals surface area contributed by atoms with Crippen LogP contribution in [0.1, 0.15) is 39.2 Å². The average Bonchev–Trinajstić information content (AvgIpc) is 2.77. The maximum Gasteiger partial charge on any atom is 0.293 e. The van der Waals surface area contributed by atoms with Gasteiger partial charge in [-0.15, -0.1) is 0 Å². The van der Waals surface area contributed by atoms with Crippen molar-refractivity contribution in [2.75, 3.05) is 6.54 Å². The molecule has 22 heavy (non-hydrogen) atoms. The molecule has 1 heterocycles. The summed E-state index contributed by atoms with van der Waals surface area (Å²) < 4.78 is 5.88. The fourth-order valence-corrected chi connectivity index (χ4v) is 2.92. The zero-order chi connectivity index (χ0) is 16.1. The number of imide groups is 1. The summed E-state index contributed by atoms with van der Waals surface area (Å²) in [6, 6.07) is 7.57. The summed E-state index contributed by atoms with van der Waals surface area (Å²) in [6.45, 7) is 6.48. The Labute approximate surface area is 135 Å². The first-order valence-corrected chi connectivity index (χ1v) is 8.39. The smallest absolute Gasteiger partial charge is 0.293 e. The van der Waals surface area contributed by atoms with Gasteiger partial charge >= 0.3 is 0 Å². The van der Waals surface area contributed by atoms with Crippen LogP contribution in [0.15, 0.2) is 29.2 Å². The van der Waals surface area contributed by atoms with E-state index in [4.69, 9.17) is 4.74 Å². The van der Waals surface area contributed by atoms with E-state index in [-0.39, 0.29) is 17.3 Å². The molecule has 118 valence electrons. The molecule has 1 aliphatic heterocycles. The van der Waals surface area contributed by atoms with Crippen molar-refractivity contribution in [3.63, 3.8) is 0 Å². The highest BCUT2D eigenvalue weighted by molar-refractivity contribution is 8.18. The van der Waals surface area contributed by atoms with Gasteiger partial charge in [0.15, 0.2) is 0 Å². The number of amides is 2. The lowest BCUT2D eigenvalue weighted by atomic mass is 10.1. The summed E-state index contributed by atoms with van der Waals surface area (Å²) in [5, 5.41) is -0.196. The lowest BCUT2D eigenvalue weighted by Gasteiger charge is -2.14. The Morgan fingerprint density at radius 3 is 2.68 bits per heavy atom. The first kappa shape index (κ1) is 16.6. The van der Waals surface area contributed by atoms with Gasteiger partial charge in [-0.1, -0.05) is 32.0 Å². The number of hydrogen-bond acceptors (Lipinski definition) is 4. The van der Waals surface area contributed by atoms with Gasteiger partial charge in [0, 0.05) is 12.1 Å². The van der Waals surface area contributed by atoms with E-state index in [2.05, 4.69) is 6.92 Å². The van der Waals surface area contributed by atoms with E-state index in [1.807, 2.05) is 38.1 Å². The predicted octanol–water partition coefficient (Wildman–Crippen LogP) is 4.31. The second kappa shape index (κ2) is 7.49. The van der Waals surface area contributed by atoms with Crippen molar-refractivity contribution in [2.24, 2.45) is 0 Å². The fourth-order valence-electron chi connectivity index (χ4n) is 2.06. The molecule has 1 aliphatic rings. The second-order valence-corrected chi connectivity index (χ2v) is 6.20. The summed E-state index contributed by atoms with van der Waals surface area (Å²) in [4.78, 5) is 25.9. The molecule has 0 spiro atoms. The van der Waals surface area contributed by atoms with Crippen LogP contribution in [0.25, 0.3) is 6.08 Å². The van der Waals surface area contributed by atoms with Gasteiger partial charge in [0.1, 0.15) is 5.75 Å². The Kier molecular flexibility index (Phi) is 5.66. The Hall–Kier alpha value is -1.75. The number of carbonyl (C=O) groups excluding carboxylic acids is 2. The van der Waals surface area contributed by atoms with Crippen LogP contribution >= 0.6 is 11.8 Å². The molecule has 2 amide bonds. The van der Waals surface area contributed by atoms with E-state index in [1.165, 1.54) is 4.90 Å². The molecule has 0 N–H and O–H groups in total. The SMILES string of the molecule is CCCN1C(=O)S/C(=C/c2ccccc2O[C@@H](C)CC)C1=O. The van der Waals surface area contributed by atoms with Gasteiger partial charge in [-0.2, -0.15) is 0 Å². The topological polar surface area (TPSA) is 46.6 Å². The molecule has 0 unspecified atom stereocenters. The number of carbonyl (C=O) groups is 2. The summed E-state index contributed by atoms with van der Waals surface area (Å²) in [7, 11) is 0. The standard InChI is InChI=1S/C17H21NO3S/c1-4-10-18-16(19)15(22-17(18)20)11-13-8-6-7-9-14(13)21-12(3)5-2/h6-9,11-12H,4-5,10H2,1-3H3/b15-11+/t12-/m0/s1. The highest BCUT2D eigenvalue weighted by Gasteiger charge is 2.34. The zero-order valence-corrected chi connectivity index (χ0v) is 14.0. The van der Waals surface area contributed by atoms with Crippen molar-refractivity contribution in [1.82, 2.24) is 4.90 Å². The van der Waals surface area contributed by atoms with Gasteiger partial charge in [0.2, 0.25) is 0 Å². The van der Waals surface area contributed by atoms with Gasteiger partial charge in [-0.05, 0) is 43.7 Å². The van der Waals surface area contributed by atoms with Crippen LogP contribution < -0.4 is 4.74 Å². The van der Waals surface area contributed by atoms with Gasteiger partial charge in [0.25, 0.3) is 11.1 Å². The van der Waals surface area contributed by atoms with Crippen LogP contribution in [-0.2, 0) is 4.79 Å². The quantitative estimate of drug-likeness (QED) is 0.733. The van der Waals surface area contributed by atoms with Crippen molar-refractivity contribution < 1.29 is 14.3 Å². The largest absolute Gasteiger partial charge is 0.490 e. The van der Waals surface area contributed by atoms with Crippen LogP contribution in [0.4, 0.5) is 4.79 Å². The van der Waals surface area contributed by atoms with E-state index in [1.54, 1.807) is 6.08 Å². The molecule has 1 fully saturated rings. The van der Waals surface area contributed by atoms with Gasteiger partial charge in [0.05, 0.1) is 11.0 Å². The van der Waals surface area contributed by atoms with Crippen LogP contribution in [0.2, 0.25) is 0 Å². The monoisotopic (exact) mass is 319 g/mol. The molecule has 1 atom stereocenters. The van der Waals surface area contributed by atoms with Crippen LogP contribution in [0.5, 0.6) is 5.75 Å². The molecule has 4 nitrogen and oxygen atoms in total. The Morgan fingerprint density at radius 1 is 1.27 bits per heavy atom. The lowest BCUT2D eigenvalue weighted by molar-refractivity contribution is -0.122. The van der Waals surface area contributed by atoms with Crippen LogP contribution in [-0.4, -0.2) is 28.7 Å². The third-order valence-electron chi connectivity index (χ3n) is 3.43. The number of benzene rings is 1. The number of nitrogens with zero attached hydrogens (tertiary/aromatic N) is 1. The molecule has 0 radical (unpaired) electrons. The van der Waals surface area contributed by atoms with Gasteiger partial charge < -0.3 is 4.74 Å². The minimum absolute atomic E-state index is 0.102. The third-order valence-corrected chi connectivity index (χ3v) is 4.34. The van der Waals surface area contributed by atoms with Crippen molar-refractivity contribution in [3.8, 4) is 5.75 Å². The average molecular weight is 319 g/mol. The van der Waals surface area contributed by atoms with Gasteiger partial charge in [-0.25, -0.2) is 0 Å². The first-order chi connectivity index (χ1) is 10.6. The fraction of sp³-hybridized carbons (Fsp3) is 0.412. The van der Waals surface area contributed by atoms with Crippen molar-refractivity contribution >= 4 is 29.0 Å². The Morgan fingerprint density at radius 2 is 2.00 bits per heavy atom. The Balaban J connectivity index is 2.26. The van der Waals surface area contributed by atoms with Crippen LogP contribution in [0.3, 0.4) is 0 Å². The van der Waals surface area contributed by atoms with E-state index >= 15 is 0 Å². The molecule has 2 rings (SSSR count). The summed E-state index contributed by atoms with van der Waals surface area (Å²) >= 11 is 0.993. The number of rotatable bonds is 6. The molecule has 0 saturated carbocycles. The summed E-state index contributed by atoms with van der Waals surface area (Å²) in [5.74, 6) is 0.523. The highest BCUT2D eigenvalue weighted by Crippen LogP contribution is 2.34. The molecule has 5 heteroatoms. The van der Waals surface area contributed by atoms with Crippen molar-refractivity contribution in [2.45, 2.75) is 39.7 Å². The summed E-state index contributed by atoms with van der Waals surface area (Å²) in [5.41, 5.74) is 0.824. The van der Waals surface area contributed by atoms with E-state index in [9.17, 15) is 9.59 Å².